The average Bonchev–Trinajstić information content (AvgIpc) is 2.83. The monoisotopic (exact) mass is 217 g/mol. The zero-order valence-electron chi connectivity index (χ0n) is 9.17. The second-order valence-corrected chi connectivity index (χ2v) is 3.64. The van der Waals surface area contributed by atoms with Crippen LogP contribution in [0, 0.1) is 0 Å². The Hall–Kier alpha value is -1.88. The molecule has 2 aromatic rings. The molecular formula is C11H15N5. The van der Waals surface area contributed by atoms with Gasteiger partial charge >= 0.3 is 0 Å². The van der Waals surface area contributed by atoms with Crippen molar-refractivity contribution in [3.05, 3.63) is 36.9 Å². The average molecular weight is 217 g/mol. The minimum Gasteiger partial charge on any atom is -0.380 e. The quantitative estimate of drug-likeness (QED) is 0.802. The van der Waals surface area contributed by atoms with Crippen LogP contribution in [0.15, 0.2) is 36.9 Å². The van der Waals surface area contributed by atoms with Gasteiger partial charge in [-0.25, -0.2) is 9.67 Å². The predicted molar refractivity (Wildman–Crippen MR) is 63.5 cm³/mol. The number of hydrogen-bond donors (Lipinski definition) is 2. The molecule has 1 aromatic heterocycles. The van der Waals surface area contributed by atoms with Crippen LogP contribution in [0.2, 0.25) is 0 Å². The van der Waals surface area contributed by atoms with E-state index in [1.165, 1.54) is 6.33 Å². The first-order chi connectivity index (χ1) is 7.81. The van der Waals surface area contributed by atoms with Gasteiger partial charge in [0, 0.05) is 12.6 Å². The van der Waals surface area contributed by atoms with Crippen LogP contribution >= 0.6 is 0 Å². The molecule has 0 saturated heterocycles. The van der Waals surface area contributed by atoms with Crippen molar-refractivity contribution in [2.24, 2.45) is 5.73 Å². The number of rotatable bonds is 4. The molecule has 84 valence electrons. The van der Waals surface area contributed by atoms with Crippen LogP contribution in [0.3, 0.4) is 0 Å². The zero-order chi connectivity index (χ0) is 11.4. The molecule has 0 fully saturated rings. The molecule has 2 rings (SSSR count). The first kappa shape index (κ1) is 10.6. The van der Waals surface area contributed by atoms with Crippen molar-refractivity contribution >= 4 is 5.69 Å². The van der Waals surface area contributed by atoms with Crippen molar-refractivity contribution in [2.75, 3.05) is 11.9 Å². The van der Waals surface area contributed by atoms with E-state index in [1.807, 2.05) is 31.2 Å². The summed E-state index contributed by atoms with van der Waals surface area (Å²) in [4.78, 5) is 3.94. The molecule has 1 aromatic carbocycles. The van der Waals surface area contributed by atoms with Gasteiger partial charge in [-0.2, -0.15) is 5.10 Å². The van der Waals surface area contributed by atoms with E-state index in [-0.39, 0.29) is 6.04 Å². The Balaban J connectivity index is 2.31. The molecular weight excluding hydrogens is 202 g/mol. The van der Waals surface area contributed by atoms with Crippen LogP contribution in [0.1, 0.15) is 6.92 Å². The Kier molecular flexibility index (Phi) is 3.16. The van der Waals surface area contributed by atoms with Crippen molar-refractivity contribution in [1.29, 1.82) is 0 Å². The molecule has 1 atom stereocenters. The summed E-state index contributed by atoms with van der Waals surface area (Å²) in [6.07, 6.45) is 3.19. The van der Waals surface area contributed by atoms with Gasteiger partial charge in [-0.05, 0) is 19.1 Å². The SMILES string of the molecule is CC(CN)Nc1ccccc1-n1cncn1. The maximum absolute atomic E-state index is 5.59. The fraction of sp³-hybridized carbons (Fsp3) is 0.273. The number of anilines is 1. The second kappa shape index (κ2) is 4.76. The molecule has 3 N–H and O–H groups in total. The molecule has 16 heavy (non-hydrogen) atoms. The standard InChI is InChI=1S/C11H15N5/c1-9(6-12)15-10-4-2-3-5-11(10)16-8-13-7-14-16/h2-5,7-9,15H,6,12H2,1H3. The van der Waals surface area contributed by atoms with Crippen molar-refractivity contribution in [3.8, 4) is 5.69 Å². The van der Waals surface area contributed by atoms with Crippen LogP contribution in [0.5, 0.6) is 0 Å². The smallest absolute Gasteiger partial charge is 0.138 e. The third kappa shape index (κ3) is 2.20. The number of aromatic nitrogens is 3. The normalized spacial score (nSPS) is 12.4. The number of nitrogens with zero attached hydrogens (tertiary/aromatic N) is 3. The maximum Gasteiger partial charge on any atom is 0.138 e. The van der Waals surface area contributed by atoms with Gasteiger partial charge in [-0.15, -0.1) is 0 Å². The van der Waals surface area contributed by atoms with Crippen molar-refractivity contribution in [1.82, 2.24) is 14.8 Å². The molecule has 1 heterocycles. The van der Waals surface area contributed by atoms with Crippen molar-refractivity contribution in [2.45, 2.75) is 13.0 Å². The Labute approximate surface area is 94.3 Å². The lowest BCUT2D eigenvalue weighted by molar-refractivity contribution is 0.797. The molecule has 0 aliphatic rings. The predicted octanol–water partition coefficient (Wildman–Crippen LogP) is 1.03. The fourth-order valence-electron chi connectivity index (χ4n) is 1.45. The molecule has 5 nitrogen and oxygen atoms in total. The third-order valence-corrected chi connectivity index (χ3v) is 2.33. The summed E-state index contributed by atoms with van der Waals surface area (Å²) in [5.74, 6) is 0. The van der Waals surface area contributed by atoms with Crippen molar-refractivity contribution in [3.63, 3.8) is 0 Å². The van der Waals surface area contributed by atoms with Gasteiger partial charge in [0.15, 0.2) is 0 Å². The van der Waals surface area contributed by atoms with E-state index in [2.05, 4.69) is 15.4 Å². The summed E-state index contributed by atoms with van der Waals surface area (Å²) >= 11 is 0. The minimum atomic E-state index is 0.227. The summed E-state index contributed by atoms with van der Waals surface area (Å²) in [6.45, 7) is 2.63. The first-order valence-corrected chi connectivity index (χ1v) is 5.22. The van der Waals surface area contributed by atoms with E-state index in [0.717, 1.165) is 11.4 Å². The van der Waals surface area contributed by atoms with Crippen molar-refractivity contribution < 1.29 is 0 Å². The molecule has 0 radical (unpaired) electrons. The van der Waals surface area contributed by atoms with Gasteiger partial charge in [0.05, 0.1) is 11.4 Å². The molecule has 0 aliphatic heterocycles. The van der Waals surface area contributed by atoms with E-state index in [0.29, 0.717) is 6.54 Å². The number of hydrogen-bond acceptors (Lipinski definition) is 4. The number of benzene rings is 1. The van der Waals surface area contributed by atoms with Crippen LogP contribution in [-0.4, -0.2) is 27.4 Å². The summed E-state index contributed by atoms with van der Waals surface area (Å²) in [5.41, 5.74) is 7.57. The lowest BCUT2D eigenvalue weighted by atomic mass is 10.2. The molecule has 0 spiro atoms. The molecule has 0 bridgehead atoms. The van der Waals surface area contributed by atoms with Gasteiger partial charge in [-0.1, -0.05) is 12.1 Å². The Morgan fingerprint density at radius 1 is 1.44 bits per heavy atom. The first-order valence-electron chi connectivity index (χ1n) is 5.22. The molecule has 0 aliphatic carbocycles. The molecule has 0 saturated carbocycles. The Morgan fingerprint density at radius 3 is 2.94 bits per heavy atom. The molecule has 1 unspecified atom stereocenters. The lowest BCUT2D eigenvalue weighted by Gasteiger charge is -2.16. The molecule has 0 amide bonds. The highest BCUT2D eigenvalue weighted by Gasteiger charge is 2.06. The second-order valence-electron chi connectivity index (χ2n) is 3.64. The topological polar surface area (TPSA) is 68.8 Å². The molecule has 5 heteroatoms. The van der Waals surface area contributed by atoms with Gasteiger partial charge < -0.3 is 11.1 Å². The Bertz CT molecular complexity index is 437. The van der Waals surface area contributed by atoms with Crippen LogP contribution in [-0.2, 0) is 0 Å². The third-order valence-electron chi connectivity index (χ3n) is 2.33. The highest BCUT2D eigenvalue weighted by molar-refractivity contribution is 5.60. The number of nitrogens with two attached hydrogens (primary N) is 1. The highest BCUT2D eigenvalue weighted by atomic mass is 15.3. The summed E-state index contributed by atoms with van der Waals surface area (Å²) in [6, 6.07) is 8.16. The van der Waals surface area contributed by atoms with Gasteiger partial charge in [-0.3, -0.25) is 0 Å². The maximum atomic E-state index is 5.59. The Morgan fingerprint density at radius 2 is 2.25 bits per heavy atom. The van der Waals surface area contributed by atoms with E-state index >= 15 is 0 Å². The number of para-hydroxylation sites is 2. The van der Waals surface area contributed by atoms with E-state index < -0.39 is 0 Å². The van der Waals surface area contributed by atoms with E-state index in [9.17, 15) is 0 Å². The summed E-state index contributed by atoms with van der Waals surface area (Å²) in [7, 11) is 0. The van der Waals surface area contributed by atoms with Crippen LogP contribution in [0.4, 0.5) is 5.69 Å². The minimum absolute atomic E-state index is 0.227. The summed E-state index contributed by atoms with van der Waals surface area (Å²) in [5, 5.41) is 7.45. The van der Waals surface area contributed by atoms with Crippen LogP contribution in [0.25, 0.3) is 5.69 Å². The number of nitrogens with one attached hydrogen (secondary N) is 1. The zero-order valence-corrected chi connectivity index (χ0v) is 9.17. The lowest BCUT2D eigenvalue weighted by Crippen LogP contribution is -2.25. The van der Waals surface area contributed by atoms with Gasteiger partial charge in [0.1, 0.15) is 12.7 Å². The highest BCUT2D eigenvalue weighted by Crippen LogP contribution is 2.19. The summed E-state index contributed by atoms with van der Waals surface area (Å²) < 4.78 is 1.73. The fourth-order valence-corrected chi connectivity index (χ4v) is 1.45. The largest absolute Gasteiger partial charge is 0.380 e. The van der Waals surface area contributed by atoms with E-state index in [4.69, 9.17) is 5.73 Å². The van der Waals surface area contributed by atoms with E-state index in [1.54, 1.807) is 11.0 Å². The van der Waals surface area contributed by atoms with Crippen LogP contribution < -0.4 is 11.1 Å². The van der Waals surface area contributed by atoms with Gasteiger partial charge in [0.25, 0.3) is 0 Å². The van der Waals surface area contributed by atoms with Gasteiger partial charge in [0.2, 0.25) is 0 Å².